The van der Waals surface area contributed by atoms with Crippen LogP contribution in [0.3, 0.4) is 0 Å². The summed E-state index contributed by atoms with van der Waals surface area (Å²) in [7, 11) is 0. The molecule has 2 heterocycles. The Balaban J connectivity index is 2.09. The van der Waals surface area contributed by atoms with Crippen molar-refractivity contribution in [2.75, 3.05) is 39.5 Å². The molecule has 0 radical (unpaired) electrons. The summed E-state index contributed by atoms with van der Waals surface area (Å²) in [5.74, 6) is 0. The van der Waals surface area contributed by atoms with Gasteiger partial charge in [-0.05, 0) is 19.8 Å². The van der Waals surface area contributed by atoms with E-state index in [1.54, 1.807) is 0 Å². The summed E-state index contributed by atoms with van der Waals surface area (Å²) in [6.45, 7) is 7.53. The fourth-order valence-electron chi connectivity index (χ4n) is 2.79. The van der Waals surface area contributed by atoms with E-state index < -0.39 is 0 Å². The maximum Gasteiger partial charge on any atom is 0.0594 e. The van der Waals surface area contributed by atoms with Crippen LogP contribution in [0.25, 0.3) is 0 Å². The van der Waals surface area contributed by atoms with Gasteiger partial charge in [0.25, 0.3) is 0 Å². The Morgan fingerprint density at radius 3 is 2.13 bits per heavy atom. The summed E-state index contributed by atoms with van der Waals surface area (Å²) in [4.78, 5) is 2.52. The van der Waals surface area contributed by atoms with Gasteiger partial charge in [0, 0.05) is 37.9 Å². The molecule has 2 fully saturated rings. The Morgan fingerprint density at radius 1 is 1.07 bits per heavy atom. The Labute approximate surface area is 91.7 Å². The largest absolute Gasteiger partial charge is 0.381 e. The van der Waals surface area contributed by atoms with Crippen molar-refractivity contribution in [2.24, 2.45) is 5.73 Å². The molecule has 2 aliphatic heterocycles. The van der Waals surface area contributed by atoms with Gasteiger partial charge in [-0.15, -0.1) is 0 Å². The molecule has 0 saturated carbocycles. The normalized spacial score (nSPS) is 30.0. The van der Waals surface area contributed by atoms with Crippen molar-refractivity contribution in [2.45, 2.75) is 31.3 Å². The SMILES string of the molecule is CC(N)C1(N2CCOCC2)CCOCC1. The second-order valence-corrected chi connectivity index (χ2v) is 4.60. The van der Waals surface area contributed by atoms with Crippen molar-refractivity contribution >= 4 is 0 Å². The summed E-state index contributed by atoms with van der Waals surface area (Å²) >= 11 is 0. The molecule has 0 bridgehead atoms. The zero-order chi connectivity index (χ0) is 10.7. The van der Waals surface area contributed by atoms with Crippen LogP contribution in [0.2, 0.25) is 0 Å². The molecule has 2 saturated heterocycles. The zero-order valence-corrected chi connectivity index (χ0v) is 9.58. The van der Waals surface area contributed by atoms with E-state index in [0.717, 1.165) is 52.4 Å². The maximum atomic E-state index is 6.19. The van der Waals surface area contributed by atoms with Crippen molar-refractivity contribution in [3.63, 3.8) is 0 Å². The molecule has 4 nitrogen and oxygen atoms in total. The molecule has 0 amide bonds. The molecule has 1 unspecified atom stereocenters. The van der Waals surface area contributed by atoms with Crippen LogP contribution in [0.5, 0.6) is 0 Å². The number of hydrogen-bond acceptors (Lipinski definition) is 4. The first-order valence-corrected chi connectivity index (χ1v) is 5.92. The monoisotopic (exact) mass is 214 g/mol. The molecule has 0 spiro atoms. The summed E-state index contributed by atoms with van der Waals surface area (Å²) in [6.07, 6.45) is 2.12. The number of morpholine rings is 1. The summed E-state index contributed by atoms with van der Waals surface area (Å²) in [6, 6.07) is 0.208. The smallest absolute Gasteiger partial charge is 0.0594 e. The van der Waals surface area contributed by atoms with Gasteiger partial charge >= 0.3 is 0 Å². The van der Waals surface area contributed by atoms with Crippen LogP contribution in [-0.2, 0) is 9.47 Å². The Hall–Kier alpha value is -0.160. The minimum absolute atomic E-state index is 0.155. The molecule has 88 valence electrons. The van der Waals surface area contributed by atoms with Gasteiger partial charge in [0.15, 0.2) is 0 Å². The van der Waals surface area contributed by atoms with Crippen LogP contribution < -0.4 is 5.73 Å². The molecule has 4 heteroatoms. The molecule has 0 aromatic carbocycles. The fraction of sp³-hybridized carbons (Fsp3) is 1.00. The highest BCUT2D eigenvalue weighted by atomic mass is 16.5. The molecule has 0 aromatic heterocycles. The van der Waals surface area contributed by atoms with Crippen LogP contribution in [0, 0.1) is 0 Å². The standard InChI is InChI=1S/C11H22N2O2/c1-10(12)11(2-6-14-7-3-11)13-4-8-15-9-5-13/h10H,2-9,12H2,1H3. The first-order chi connectivity index (χ1) is 7.26. The Morgan fingerprint density at radius 2 is 1.60 bits per heavy atom. The number of rotatable bonds is 2. The average molecular weight is 214 g/mol. The summed E-state index contributed by atoms with van der Waals surface area (Å²) < 4.78 is 10.9. The molecule has 15 heavy (non-hydrogen) atoms. The van der Waals surface area contributed by atoms with E-state index in [1.165, 1.54) is 0 Å². The van der Waals surface area contributed by atoms with Crippen molar-refractivity contribution < 1.29 is 9.47 Å². The van der Waals surface area contributed by atoms with Gasteiger partial charge < -0.3 is 15.2 Å². The minimum atomic E-state index is 0.155. The molecule has 2 aliphatic rings. The van der Waals surface area contributed by atoms with E-state index in [2.05, 4.69) is 11.8 Å². The minimum Gasteiger partial charge on any atom is -0.381 e. The molecule has 0 aromatic rings. The second-order valence-electron chi connectivity index (χ2n) is 4.60. The first-order valence-electron chi connectivity index (χ1n) is 5.92. The highest BCUT2D eigenvalue weighted by Gasteiger charge is 2.41. The topological polar surface area (TPSA) is 47.7 Å². The van der Waals surface area contributed by atoms with Crippen molar-refractivity contribution in [1.29, 1.82) is 0 Å². The van der Waals surface area contributed by atoms with Crippen molar-refractivity contribution in [3.05, 3.63) is 0 Å². The van der Waals surface area contributed by atoms with E-state index in [9.17, 15) is 0 Å². The van der Waals surface area contributed by atoms with E-state index in [-0.39, 0.29) is 11.6 Å². The third kappa shape index (κ3) is 2.18. The van der Waals surface area contributed by atoms with Gasteiger partial charge in [0.05, 0.1) is 13.2 Å². The van der Waals surface area contributed by atoms with Gasteiger partial charge in [-0.25, -0.2) is 0 Å². The fourth-order valence-corrected chi connectivity index (χ4v) is 2.79. The van der Waals surface area contributed by atoms with Gasteiger partial charge in [0.2, 0.25) is 0 Å². The van der Waals surface area contributed by atoms with E-state index in [4.69, 9.17) is 15.2 Å². The summed E-state index contributed by atoms with van der Waals surface area (Å²) in [5.41, 5.74) is 6.35. The predicted octanol–water partition coefficient (Wildman–Crippen LogP) is 0.215. The molecule has 2 N–H and O–H groups in total. The van der Waals surface area contributed by atoms with E-state index in [0.29, 0.717) is 0 Å². The highest BCUT2D eigenvalue weighted by molar-refractivity contribution is 4.99. The van der Waals surface area contributed by atoms with Gasteiger partial charge in [0.1, 0.15) is 0 Å². The lowest BCUT2D eigenvalue weighted by atomic mass is 9.81. The number of hydrogen-bond donors (Lipinski definition) is 1. The van der Waals surface area contributed by atoms with Crippen LogP contribution in [0.15, 0.2) is 0 Å². The number of nitrogens with two attached hydrogens (primary N) is 1. The molecular weight excluding hydrogens is 192 g/mol. The second kappa shape index (κ2) is 4.78. The maximum absolute atomic E-state index is 6.19. The molecule has 1 atom stereocenters. The van der Waals surface area contributed by atoms with Crippen LogP contribution in [-0.4, -0.2) is 56.0 Å². The third-order valence-corrected chi connectivity index (χ3v) is 3.85. The molecule has 2 rings (SSSR count). The van der Waals surface area contributed by atoms with Crippen LogP contribution in [0.1, 0.15) is 19.8 Å². The van der Waals surface area contributed by atoms with E-state index >= 15 is 0 Å². The van der Waals surface area contributed by atoms with Crippen molar-refractivity contribution in [3.8, 4) is 0 Å². The Bertz CT molecular complexity index is 197. The lowest BCUT2D eigenvalue weighted by Crippen LogP contribution is -2.63. The van der Waals surface area contributed by atoms with Gasteiger partial charge in [-0.3, -0.25) is 4.90 Å². The third-order valence-electron chi connectivity index (χ3n) is 3.85. The molecular formula is C11H22N2O2. The van der Waals surface area contributed by atoms with Gasteiger partial charge in [-0.1, -0.05) is 0 Å². The lowest BCUT2D eigenvalue weighted by molar-refractivity contribution is -0.0792. The predicted molar refractivity (Wildman–Crippen MR) is 58.8 cm³/mol. The van der Waals surface area contributed by atoms with Crippen molar-refractivity contribution in [1.82, 2.24) is 4.90 Å². The number of nitrogens with zero attached hydrogens (tertiary/aromatic N) is 1. The quantitative estimate of drug-likeness (QED) is 0.714. The van der Waals surface area contributed by atoms with Crippen LogP contribution >= 0.6 is 0 Å². The lowest BCUT2D eigenvalue weighted by Gasteiger charge is -2.50. The van der Waals surface area contributed by atoms with E-state index in [1.807, 2.05) is 0 Å². The average Bonchev–Trinajstić information content (AvgIpc) is 2.31. The van der Waals surface area contributed by atoms with Gasteiger partial charge in [-0.2, -0.15) is 0 Å². The zero-order valence-electron chi connectivity index (χ0n) is 9.58. The first kappa shape index (κ1) is 11.3. The number of ether oxygens (including phenoxy) is 2. The molecule has 0 aliphatic carbocycles. The Kier molecular flexibility index (Phi) is 3.61. The highest BCUT2D eigenvalue weighted by Crippen LogP contribution is 2.31. The summed E-state index contributed by atoms with van der Waals surface area (Å²) in [5, 5.41) is 0. The van der Waals surface area contributed by atoms with Crippen LogP contribution in [0.4, 0.5) is 0 Å².